The molecule has 0 aromatic heterocycles. The second-order valence-corrected chi connectivity index (χ2v) is 16.9. The molecule has 0 bridgehead atoms. The molecule has 1 saturated heterocycles. The molecule has 0 aliphatic carbocycles. The van der Waals surface area contributed by atoms with E-state index < -0.39 is 71.2 Å². The molecule has 6 atom stereocenters. The van der Waals surface area contributed by atoms with Gasteiger partial charge in [0.05, 0.1) is 6.61 Å². The van der Waals surface area contributed by atoms with Crippen molar-refractivity contribution in [2.45, 2.75) is 218 Å². The van der Waals surface area contributed by atoms with Gasteiger partial charge in [-0.3, -0.25) is 14.1 Å². The molecule has 13 heteroatoms. The lowest BCUT2D eigenvalue weighted by atomic mass is 10.00. The average molecular weight is 819 g/mol. The van der Waals surface area contributed by atoms with Crippen LogP contribution < -0.4 is 0 Å². The molecule has 328 valence electrons. The van der Waals surface area contributed by atoms with Gasteiger partial charge in [-0.25, -0.2) is 0 Å². The number of aliphatic hydroxyl groups is 3. The Bertz CT molecular complexity index is 1140. The van der Waals surface area contributed by atoms with Crippen LogP contribution >= 0.6 is 0 Å². The van der Waals surface area contributed by atoms with Crippen LogP contribution in [0.1, 0.15) is 181 Å². The van der Waals surface area contributed by atoms with E-state index in [0.717, 1.165) is 64.2 Å². The van der Waals surface area contributed by atoms with Crippen LogP contribution in [0.4, 0.5) is 0 Å². The lowest BCUT2D eigenvalue weighted by molar-refractivity contribution is -0.297. The largest absolute Gasteiger partial charge is 0.462 e. The van der Waals surface area contributed by atoms with Crippen molar-refractivity contribution in [1.82, 2.24) is 0 Å². The molecular weight excluding hydrogens is 741 g/mol. The maximum Gasteiger partial charge on any atom is 0.306 e. The van der Waals surface area contributed by atoms with Crippen LogP contribution in [0.2, 0.25) is 0 Å². The van der Waals surface area contributed by atoms with Gasteiger partial charge in [0, 0.05) is 12.8 Å². The fourth-order valence-electron chi connectivity index (χ4n) is 6.58. The van der Waals surface area contributed by atoms with E-state index >= 15 is 0 Å². The number of hydrogen-bond acceptors (Lipinski definition) is 11. The van der Waals surface area contributed by atoms with E-state index in [1.807, 2.05) is 0 Å². The predicted octanol–water partition coefficient (Wildman–Crippen LogP) is 8.45. The lowest BCUT2D eigenvalue weighted by Crippen LogP contribution is -2.60. The number of aliphatic hydroxyl groups excluding tert-OH is 3. The number of allylic oxidation sites excluding steroid dienone is 4. The molecule has 0 amide bonds. The monoisotopic (exact) mass is 819 g/mol. The minimum Gasteiger partial charge on any atom is -0.462 e. The molecule has 0 aromatic rings. The van der Waals surface area contributed by atoms with E-state index in [-0.39, 0.29) is 19.4 Å². The van der Waals surface area contributed by atoms with E-state index in [1.54, 1.807) is 0 Å². The van der Waals surface area contributed by atoms with Gasteiger partial charge in [0.1, 0.15) is 36.8 Å². The Hall–Kier alpha value is -1.87. The molecule has 4 N–H and O–H groups in total. The summed E-state index contributed by atoms with van der Waals surface area (Å²) in [5.74, 6) is -1.99. The van der Waals surface area contributed by atoms with Crippen molar-refractivity contribution in [1.29, 1.82) is 0 Å². The van der Waals surface area contributed by atoms with Crippen molar-refractivity contribution in [3.63, 3.8) is 0 Å². The van der Waals surface area contributed by atoms with Crippen molar-refractivity contribution < 1.29 is 56.8 Å². The highest BCUT2D eigenvalue weighted by atomic mass is 32.2. The van der Waals surface area contributed by atoms with Crippen LogP contribution in [-0.2, 0) is 38.7 Å². The van der Waals surface area contributed by atoms with Gasteiger partial charge in [-0.2, -0.15) is 8.42 Å². The molecule has 0 saturated carbocycles. The van der Waals surface area contributed by atoms with Crippen LogP contribution in [-0.4, -0.2) is 96.0 Å². The second kappa shape index (κ2) is 34.0. The highest BCUT2D eigenvalue weighted by molar-refractivity contribution is 7.85. The predicted molar refractivity (Wildman–Crippen MR) is 220 cm³/mol. The van der Waals surface area contributed by atoms with Crippen LogP contribution in [0.25, 0.3) is 0 Å². The smallest absolute Gasteiger partial charge is 0.306 e. The number of carbonyl (C=O) groups excluding carboxylic acids is 2. The fourth-order valence-corrected chi connectivity index (χ4v) is 7.27. The van der Waals surface area contributed by atoms with Crippen molar-refractivity contribution >= 4 is 22.1 Å². The van der Waals surface area contributed by atoms with Gasteiger partial charge in [-0.15, -0.1) is 0 Å². The van der Waals surface area contributed by atoms with Crippen molar-refractivity contribution in [3.05, 3.63) is 24.3 Å². The number of esters is 2. The summed E-state index contributed by atoms with van der Waals surface area (Å²) in [4.78, 5) is 25.3. The van der Waals surface area contributed by atoms with E-state index in [1.165, 1.54) is 77.0 Å². The first-order valence-electron chi connectivity index (χ1n) is 21.9. The lowest BCUT2D eigenvalue weighted by Gasteiger charge is -2.40. The summed E-state index contributed by atoms with van der Waals surface area (Å²) in [5.41, 5.74) is 0. The van der Waals surface area contributed by atoms with Crippen molar-refractivity contribution in [2.75, 3.05) is 19.0 Å². The van der Waals surface area contributed by atoms with Crippen LogP contribution in [0.3, 0.4) is 0 Å². The second-order valence-electron chi connectivity index (χ2n) is 15.4. The van der Waals surface area contributed by atoms with Crippen LogP contribution in [0, 0.1) is 0 Å². The third-order valence-corrected chi connectivity index (χ3v) is 10.8. The maximum atomic E-state index is 12.8. The Morgan fingerprint density at radius 3 is 1.62 bits per heavy atom. The minimum absolute atomic E-state index is 0.165. The molecule has 0 radical (unpaired) electrons. The Balaban J connectivity index is 2.47. The Labute approximate surface area is 338 Å². The normalized spacial score (nSPS) is 20.9. The molecule has 1 fully saturated rings. The van der Waals surface area contributed by atoms with E-state index in [9.17, 15) is 37.9 Å². The topological polar surface area (TPSA) is 186 Å². The fraction of sp³-hybridized carbons (Fsp3) is 0.860. The SMILES string of the molecule is CCCC/C=C/C/C=C/CCCCCCCC(=O)OC[C@H](CO[C@H]1O[C@H](CS(=O)(=O)O)[C@@H](O)C(O)C1O)OC(=O)CCCCCCCCCCCCCCCC. The highest BCUT2D eigenvalue weighted by Crippen LogP contribution is 2.24. The van der Waals surface area contributed by atoms with E-state index in [0.29, 0.717) is 12.8 Å². The van der Waals surface area contributed by atoms with Crippen molar-refractivity contribution in [3.8, 4) is 0 Å². The third kappa shape index (κ3) is 28.5. The minimum atomic E-state index is -4.60. The molecule has 0 spiro atoms. The van der Waals surface area contributed by atoms with Crippen LogP contribution in [0.15, 0.2) is 24.3 Å². The molecule has 1 aliphatic rings. The summed E-state index contributed by atoms with van der Waals surface area (Å²) in [6.45, 7) is 3.70. The maximum absolute atomic E-state index is 12.8. The first-order chi connectivity index (χ1) is 27.0. The van der Waals surface area contributed by atoms with E-state index in [4.69, 9.17) is 18.9 Å². The molecule has 12 nitrogen and oxygen atoms in total. The van der Waals surface area contributed by atoms with Gasteiger partial charge in [0.15, 0.2) is 12.4 Å². The van der Waals surface area contributed by atoms with Crippen LogP contribution in [0.5, 0.6) is 0 Å². The number of unbranched alkanes of at least 4 members (excludes halogenated alkanes) is 20. The summed E-state index contributed by atoms with van der Waals surface area (Å²) < 4.78 is 54.0. The first kappa shape index (κ1) is 52.1. The highest BCUT2D eigenvalue weighted by Gasteiger charge is 2.46. The van der Waals surface area contributed by atoms with E-state index in [2.05, 4.69) is 38.2 Å². The molecular formula is C43H78O12S. The van der Waals surface area contributed by atoms with Gasteiger partial charge in [-0.1, -0.05) is 154 Å². The zero-order valence-corrected chi connectivity index (χ0v) is 35.6. The number of hydrogen-bond donors (Lipinski definition) is 4. The van der Waals surface area contributed by atoms with Gasteiger partial charge < -0.3 is 34.3 Å². The summed E-state index contributed by atoms with van der Waals surface area (Å²) in [6.07, 6.45) is 26.5. The molecule has 1 aliphatic heterocycles. The zero-order chi connectivity index (χ0) is 41.3. The van der Waals surface area contributed by atoms with Gasteiger partial charge in [-0.05, 0) is 38.5 Å². The van der Waals surface area contributed by atoms with Gasteiger partial charge >= 0.3 is 11.9 Å². The summed E-state index contributed by atoms with van der Waals surface area (Å²) in [7, 11) is -4.60. The number of ether oxygens (including phenoxy) is 4. The Morgan fingerprint density at radius 1 is 0.607 bits per heavy atom. The summed E-state index contributed by atoms with van der Waals surface area (Å²) >= 11 is 0. The zero-order valence-electron chi connectivity index (χ0n) is 34.7. The molecule has 2 unspecified atom stereocenters. The first-order valence-corrected chi connectivity index (χ1v) is 23.5. The number of carbonyl (C=O) groups is 2. The third-order valence-electron chi connectivity index (χ3n) is 10.0. The molecule has 1 heterocycles. The summed E-state index contributed by atoms with van der Waals surface area (Å²) in [5, 5.41) is 30.8. The molecule has 1 rings (SSSR count). The van der Waals surface area contributed by atoms with Gasteiger partial charge in [0.25, 0.3) is 10.1 Å². The standard InChI is InChI=1S/C43H78O12S/c1-3-5-7-9-11-13-15-17-19-21-23-25-27-29-31-38(44)52-33-36(34-53-43-42(48)41(47)40(46)37(55-43)35-56(49,50)51)54-39(45)32-30-28-26-24-22-20-18-16-14-12-10-8-6-4-2/h9,11,15,17,36-37,40-43,46-48H,3-8,10,12-14,16,18-35H2,1-2H3,(H,49,50,51)/b11-9+,17-15+/t36-,37-,40-,41?,42?,43+/m1/s1. The average Bonchev–Trinajstić information content (AvgIpc) is 3.16. The Kier molecular flexibility index (Phi) is 31.7. The number of rotatable bonds is 36. The van der Waals surface area contributed by atoms with Gasteiger partial charge in [0.2, 0.25) is 0 Å². The Morgan fingerprint density at radius 2 is 1.09 bits per heavy atom. The molecule has 0 aromatic carbocycles. The summed E-state index contributed by atoms with van der Waals surface area (Å²) in [6, 6.07) is 0. The quantitative estimate of drug-likeness (QED) is 0.0205. The van der Waals surface area contributed by atoms with Crippen molar-refractivity contribution in [2.24, 2.45) is 0 Å². The molecule has 56 heavy (non-hydrogen) atoms.